The van der Waals surface area contributed by atoms with Crippen molar-refractivity contribution in [3.63, 3.8) is 0 Å². The number of nitrogens with one attached hydrogen (secondary N) is 1. The first-order chi connectivity index (χ1) is 9.85. The highest BCUT2D eigenvalue weighted by atomic mass is 16.5. The second-order valence-electron chi connectivity index (χ2n) is 5.56. The number of para-hydroxylation sites is 1. The van der Waals surface area contributed by atoms with E-state index < -0.39 is 0 Å². The predicted octanol–water partition coefficient (Wildman–Crippen LogP) is 3.22. The van der Waals surface area contributed by atoms with Gasteiger partial charge in [-0.3, -0.25) is 0 Å². The van der Waals surface area contributed by atoms with E-state index >= 15 is 0 Å². The van der Waals surface area contributed by atoms with Crippen molar-refractivity contribution in [1.29, 1.82) is 0 Å². The average molecular weight is 276 g/mol. The normalized spacial score (nSPS) is 17.3. The molecule has 0 aliphatic carbocycles. The van der Waals surface area contributed by atoms with Gasteiger partial charge in [0.25, 0.3) is 0 Å². The Kier molecular flexibility index (Phi) is 6.34. The first-order valence-corrected chi connectivity index (χ1v) is 7.93. The number of hydrogen-bond acceptors (Lipinski definition) is 3. The summed E-state index contributed by atoms with van der Waals surface area (Å²) >= 11 is 0. The summed E-state index contributed by atoms with van der Waals surface area (Å²) in [6.45, 7) is 7.13. The maximum Gasteiger partial charge on any atom is 0.123 e. The van der Waals surface area contributed by atoms with Crippen molar-refractivity contribution in [3.05, 3.63) is 29.8 Å². The summed E-state index contributed by atoms with van der Waals surface area (Å²) in [6, 6.07) is 8.73. The van der Waals surface area contributed by atoms with Crippen molar-refractivity contribution in [2.75, 3.05) is 33.3 Å². The molecule has 0 bridgehead atoms. The summed E-state index contributed by atoms with van der Waals surface area (Å²) in [4.78, 5) is 2.58. The van der Waals surface area contributed by atoms with Gasteiger partial charge in [0.15, 0.2) is 0 Å². The lowest BCUT2D eigenvalue weighted by Gasteiger charge is -2.21. The highest BCUT2D eigenvalue weighted by molar-refractivity contribution is 5.35. The molecule has 0 spiro atoms. The fraction of sp³-hybridized carbons (Fsp3) is 0.647. The lowest BCUT2D eigenvalue weighted by Crippen LogP contribution is -2.27. The third-order valence-corrected chi connectivity index (χ3v) is 4.16. The van der Waals surface area contributed by atoms with E-state index in [-0.39, 0.29) is 0 Å². The molecule has 1 aromatic carbocycles. The minimum atomic E-state index is 0.393. The molecule has 0 aromatic heterocycles. The lowest BCUT2D eigenvalue weighted by atomic mass is 10.0. The fourth-order valence-electron chi connectivity index (χ4n) is 3.01. The van der Waals surface area contributed by atoms with E-state index in [0.717, 1.165) is 18.7 Å². The third kappa shape index (κ3) is 4.22. The zero-order valence-corrected chi connectivity index (χ0v) is 12.9. The van der Waals surface area contributed by atoms with Crippen molar-refractivity contribution in [2.45, 2.75) is 38.6 Å². The minimum Gasteiger partial charge on any atom is -0.496 e. The molecular formula is C17H28N2O. The number of nitrogens with zero attached hydrogens (tertiary/aromatic N) is 1. The van der Waals surface area contributed by atoms with E-state index in [4.69, 9.17) is 4.74 Å². The molecule has 1 aromatic rings. The molecule has 1 heterocycles. The number of methoxy groups -OCH3 is 1. The van der Waals surface area contributed by atoms with Gasteiger partial charge in [-0.1, -0.05) is 25.1 Å². The second-order valence-corrected chi connectivity index (χ2v) is 5.56. The maximum absolute atomic E-state index is 5.47. The summed E-state index contributed by atoms with van der Waals surface area (Å²) in [7, 11) is 1.75. The predicted molar refractivity (Wildman–Crippen MR) is 84.3 cm³/mol. The van der Waals surface area contributed by atoms with Crippen LogP contribution in [0.1, 0.15) is 44.2 Å². The quantitative estimate of drug-likeness (QED) is 0.738. The minimum absolute atomic E-state index is 0.393. The Morgan fingerprint density at radius 1 is 1.25 bits per heavy atom. The highest BCUT2D eigenvalue weighted by Crippen LogP contribution is 2.26. The molecular weight excluding hydrogens is 248 g/mol. The molecule has 3 heteroatoms. The summed E-state index contributed by atoms with van der Waals surface area (Å²) in [6.07, 6.45) is 5.08. The van der Waals surface area contributed by atoms with Gasteiger partial charge >= 0.3 is 0 Å². The van der Waals surface area contributed by atoms with E-state index in [2.05, 4.69) is 29.3 Å². The third-order valence-electron chi connectivity index (χ3n) is 4.16. The van der Waals surface area contributed by atoms with E-state index in [1.807, 2.05) is 12.1 Å². The highest BCUT2D eigenvalue weighted by Gasteiger charge is 2.14. The molecule has 0 radical (unpaired) electrons. The number of benzene rings is 1. The standard InChI is InChI=1S/C17H28N2O/c1-3-16(15-9-4-5-10-17(15)20-2)18-11-8-14-19-12-6-7-13-19/h4-5,9-10,16,18H,3,6-8,11-14H2,1-2H3. The van der Waals surface area contributed by atoms with Gasteiger partial charge in [0.2, 0.25) is 0 Å². The van der Waals surface area contributed by atoms with Gasteiger partial charge in [-0.05, 0) is 57.9 Å². The van der Waals surface area contributed by atoms with Gasteiger partial charge < -0.3 is 15.0 Å². The summed E-state index contributed by atoms with van der Waals surface area (Å²) < 4.78 is 5.47. The first-order valence-electron chi connectivity index (χ1n) is 7.93. The molecule has 0 saturated carbocycles. The molecule has 20 heavy (non-hydrogen) atoms. The van der Waals surface area contributed by atoms with E-state index in [0.29, 0.717) is 6.04 Å². The lowest BCUT2D eigenvalue weighted by molar-refractivity contribution is 0.326. The van der Waals surface area contributed by atoms with Crippen molar-refractivity contribution < 1.29 is 4.74 Å². The molecule has 1 aliphatic heterocycles. The van der Waals surface area contributed by atoms with E-state index in [9.17, 15) is 0 Å². The van der Waals surface area contributed by atoms with Crippen LogP contribution < -0.4 is 10.1 Å². The van der Waals surface area contributed by atoms with Gasteiger partial charge in [0, 0.05) is 11.6 Å². The summed E-state index contributed by atoms with van der Waals surface area (Å²) in [5.41, 5.74) is 1.28. The van der Waals surface area contributed by atoms with Crippen LogP contribution in [0.15, 0.2) is 24.3 Å². The second kappa shape index (κ2) is 8.28. The molecule has 1 aliphatic rings. The molecule has 1 fully saturated rings. The Labute approximate surface area is 123 Å². The maximum atomic E-state index is 5.47. The summed E-state index contributed by atoms with van der Waals surface area (Å²) in [5.74, 6) is 0.992. The zero-order valence-electron chi connectivity index (χ0n) is 12.9. The van der Waals surface area contributed by atoms with Crippen LogP contribution in [0.25, 0.3) is 0 Å². The van der Waals surface area contributed by atoms with Crippen molar-refractivity contribution in [2.24, 2.45) is 0 Å². The topological polar surface area (TPSA) is 24.5 Å². The Morgan fingerprint density at radius 2 is 2.00 bits per heavy atom. The molecule has 1 atom stereocenters. The van der Waals surface area contributed by atoms with Crippen LogP contribution in [0.3, 0.4) is 0 Å². The van der Waals surface area contributed by atoms with Crippen molar-refractivity contribution >= 4 is 0 Å². The monoisotopic (exact) mass is 276 g/mol. The Balaban J connectivity index is 1.79. The van der Waals surface area contributed by atoms with E-state index in [1.165, 1.54) is 44.5 Å². The number of rotatable bonds is 8. The molecule has 1 saturated heterocycles. The molecule has 1 unspecified atom stereocenters. The molecule has 112 valence electrons. The van der Waals surface area contributed by atoms with Crippen LogP contribution >= 0.6 is 0 Å². The zero-order chi connectivity index (χ0) is 14.2. The Morgan fingerprint density at radius 3 is 2.70 bits per heavy atom. The number of likely N-dealkylation sites (tertiary alicyclic amines) is 1. The number of hydrogen-bond donors (Lipinski definition) is 1. The fourth-order valence-corrected chi connectivity index (χ4v) is 3.01. The van der Waals surface area contributed by atoms with Crippen LogP contribution in [-0.2, 0) is 0 Å². The van der Waals surface area contributed by atoms with Crippen LogP contribution in [0.5, 0.6) is 5.75 Å². The van der Waals surface area contributed by atoms with E-state index in [1.54, 1.807) is 7.11 Å². The number of ether oxygens (including phenoxy) is 1. The Bertz CT molecular complexity index is 388. The first kappa shape index (κ1) is 15.3. The van der Waals surface area contributed by atoms with Crippen LogP contribution in [0, 0.1) is 0 Å². The summed E-state index contributed by atoms with van der Waals surface area (Å²) in [5, 5.41) is 3.68. The largest absolute Gasteiger partial charge is 0.496 e. The molecule has 2 rings (SSSR count). The van der Waals surface area contributed by atoms with Crippen molar-refractivity contribution in [1.82, 2.24) is 10.2 Å². The van der Waals surface area contributed by atoms with Gasteiger partial charge in [0.05, 0.1) is 7.11 Å². The van der Waals surface area contributed by atoms with Crippen molar-refractivity contribution in [3.8, 4) is 5.75 Å². The average Bonchev–Trinajstić information content (AvgIpc) is 3.01. The van der Waals surface area contributed by atoms with Gasteiger partial charge in [-0.25, -0.2) is 0 Å². The van der Waals surface area contributed by atoms with Crippen LogP contribution in [0.2, 0.25) is 0 Å². The molecule has 3 nitrogen and oxygen atoms in total. The van der Waals surface area contributed by atoms with Gasteiger partial charge in [-0.2, -0.15) is 0 Å². The van der Waals surface area contributed by atoms with Gasteiger partial charge in [-0.15, -0.1) is 0 Å². The smallest absolute Gasteiger partial charge is 0.123 e. The molecule has 0 amide bonds. The van der Waals surface area contributed by atoms with Crippen LogP contribution in [-0.4, -0.2) is 38.2 Å². The SMILES string of the molecule is CCC(NCCCN1CCCC1)c1ccccc1OC. The van der Waals surface area contributed by atoms with Crippen LogP contribution in [0.4, 0.5) is 0 Å². The Hall–Kier alpha value is -1.06. The van der Waals surface area contributed by atoms with Gasteiger partial charge in [0.1, 0.15) is 5.75 Å². The molecule has 1 N–H and O–H groups in total.